The van der Waals surface area contributed by atoms with Crippen LogP contribution in [-0.2, 0) is 4.74 Å². The number of carbonyl (C=O) groups excluding carboxylic acids is 2. The predicted octanol–water partition coefficient (Wildman–Crippen LogP) is 4.15. The molecule has 0 spiro atoms. The number of hydrogen-bond acceptors (Lipinski definition) is 9. The number of carbonyl (C=O) groups is 2. The second-order valence-electron chi connectivity index (χ2n) is 9.73. The molecule has 0 saturated carbocycles. The number of amides is 2. The molecule has 2 atom stereocenters. The highest BCUT2D eigenvalue weighted by molar-refractivity contribution is 5.98. The second kappa shape index (κ2) is 12.4. The lowest BCUT2D eigenvalue weighted by Gasteiger charge is -2.27. The van der Waals surface area contributed by atoms with Gasteiger partial charge in [-0.05, 0) is 59.2 Å². The van der Waals surface area contributed by atoms with E-state index in [4.69, 9.17) is 15.2 Å². The molecule has 0 aliphatic heterocycles. The van der Waals surface area contributed by atoms with Crippen molar-refractivity contribution in [3.8, 4) is 11.6 Å². The average Bonchev–Trinajstić information content (AvgIpc) is 3.38. The van der Waals surface area contributed by atoms with E-state index in [2.05, 4.69) is 31.0 Å². The predicted molar refractivity (Wildman–Crippen MR) is 145 cm³/mol. The molecule has 3 aromatic rings. The summed E-state index contributed by atoms with van der Waals surface area (Å²) in [7, 11) is 0. The first-order chi connectivity index (χ1) is 18.4. The van der Waals surface area contributed by atoms with Gasteiger partial charge in [-0.15, -0.1) is 0 Å². The standard InChI is InChI=1S/C26H35FN8O4/c1-7-19(15(3)31-25(37)39-26(4,5)6)33-23-18(27)13-17(21(28)36)22(34-23)32-16-12-20(35-11-9-10-30-35)24(29-14-16)38-8-2/h9-15,19H,7-8H2,1-6H3,(H2,28,36)(H,31,37)(H2,32,33,34)/t15-,19+/m0/s1. The van der Waals surface area contributed by atoms with Crippen LogP contribution in [0.1, 0.15) is 58.3 Å². The Morgan fingerprint density at radius 2 is 1.95 bits per heavy atom. The molecule has 0 bridgehead atoms. The summed E-state index contributed by atoms with van der Waals surface area (Å²) in [4.78, 5) is 33.0. The van der Waals surface area contributed by atoms with Crippen molar-refractivity contribution < 1.29 is 23.5 Å². The lowest BCUT2D eigenvalue weighted by Crippen LogP contribution is -2.46. The minimum absolute atomic E-state index is 0.0198. The van der Waals surface area contributed by atoms with Crippen LogP contribution in [-0.4, -0.2) is 56.0 Å². The quantitative estimate of drug-likeness (QED) is 0.279. The number of rotatable bonds is 11. The number of anilines is 3. The number of primary amides is 1. The van der Waals surface area contributed by atoms with Gasteiger partial charge in [0.25, 0.3) is 5.91 Å². The third-order valence-electron chi connectivity index (χ3n) is 5.48. The number of nitrogens with zero attached hydrogens (tertiary/aromatic N) is 4. The molecular weight excluding hydrogens is 507 g/mol. The highest BCUT2D eigenvalue weighted by Gasteiger charge is 2.24. The molecule has 0 unspecified atom stereocenters. The number of nitrogens with two attached hydrogens (primary N) is 1. The molecule has 0 aromatic carbocycles. The number of alkyl carbamates (subject to hydrolysis) is 1. The van der Waals surface area contributed by atoms with E-state index in [9.17, 15) is 9.59 Å². The molecule has 3 heterocycles. The second-order valence-corrected chi connectivity index (χ2v) is 9.73. The summed E-state index contributed by atoms with van der Waals surface area (Å²) in [5, 5.41) is 13.0. The van der Waals surface area contributed by atoms with E-state index >= 15 is 4.39 Å². The third kappa shape index (κ3) is 7.79. The normalized spacial score (nSPS) is 12.8. The molecule has 13 heteroatoms. The first-order valence-electron chi connectivity index (χ1n) is 12.6. The van der Waals surface area contributed by atoms with Gasteiger partial charge in [-0.3, -0.25) is 4.79 Å². The van der Waals surface area contributed by atoms with E-state index in [1.54, 1.807) is 56.9 Å². The van der Waals surface area contributed by atoms with Gasteiger partial charge in [-0.1, -0.05) is 6.92 Å². The minimum atomic E-state index is -0.867. The third-order valence-corrected chi connectivity index (χ3v) is 5.48. The zero-order chi connectivity index (χ0) is 28.7. The Morgan fingerprint density at radius 3 is 2.54 bits per heavy atom. The van der Waals surface area contributed by atoms with Gasteiger partial charge < -0.3 is 31.2 Å². The van der Waals surface area contributed by atoms with E-state index in [1.165, 1.54) is 6.20 Å². The van der Waals surface area contributed by atoms with Crippen molar-refractivity contribution >= 4 is 29.3 Å². The van der Waals surface area contributed by atoms with Crippen molar-refractivity contribution in [2.75, 3.05) is 17.2 Å². The minimum Gasteiger partial charge on any atom is -0.476 e. The van der Waals surface area contributed by atoms with E-state index < -0.39 is 35.5 Å². The zero-order valence-electron chi connectivity index (χ0n) is 22.9. The van der Waals surface area contributed by atoms with E-state index in [-0.39, 0.29) is 17.2 Å². The summed E-state index contributed by atoms with van der Waals surface area (Å²) in [6, 6.07) is 3.61. The maximum Gasteiger partial charge on any atom is 0.407 e. The maximum absolute atomic E-state index is 15.0. The van der Waals surface area contributed by atoms with Crippen LogP contribution in [0.5, 0.6) is 5.88 Å². The Balaban J connectivity index is 1.90. The fraction of sp³-hybridized carbons (Fsp3) is 0.423. The largest absolute Gasteiger partial charge is 0.476 e. The van der Waals surface area contributed by atoms with Crippen molar-refractivity contribution in [1.82, 2.24) is 25.1 Å². The van der Waals surface area contributed by atoms with Gasteiger partial charge in [0.1, 0.15) is 17.1 Å². The van der Waals surface area contributed by atoms with Crippen LogP contribution in [0.4, 0.5) is 26.5 Å². The fourth-order valence-corrected chi connectivity index (χ4v) is 3.69. The van der Waals surface area contributed by atoms with Gasteiger partial charge in [-0.25, -0.2) is 23.8 Å². The Morgan fingerprint density at radius 1 is 1.21 bits per heavy atom. The van der Waals surface area contributed by atoms with Crippen LogP contribution in [0.25, 0.3) is 5.69 Å². The Bertz CT molecular complexity index is 1290. The monoisotopic (exact) mass is 542 g/mol. The molecule has 0 aliphatic carbocycles. The number of pyridine rings is 2. The van der Waals surface area contributed by atoms with Crippen molar-refractivity contribution in [3.63, 3.8) is 0 Å². The lowest BCUT2D eigenvalue weighted by molar-refractivity contribution is 0.0503. The van der Waals surface area contributed by atoms with Crippen LogP contribution in [0, 0.1) is 5.82 Å². The maximum atomic E-state index is 15.0. The van der Waals surface area contributed by atoms with E-state index in [0.29, 0.717) is 30.3 Å². The molecule has 210 valence electrons. The number of nitrogens with one attached hydrogen (secondary N) is 3. The zero-order valence-corrected chi connectivity index (χ0v) is 22.9. The molecule has 0 radical (unpaired) electrons. The van der Waals surface area contributed by atoms with E-state index in [0.717, 1.165) is 6.07 Å². The van der Waals surface area contributed by atoms with Gasteiger partial charge in [0.2, 0.25) is 5.88 Å². The smallest absolute Gasteiger partial charge is 0.407 e. The molecule has 39 heavy (non-hydrogen) atoms. The van der Waals surface area contributed by atoms with Gasteiger partial charge in [-0.2, -0.15) is 5.10 Å². The van der Waals surface area contributed by atoms with Crippen LogP contribution < -0.4 is 26.4 Å². The summed E-state index contributed by atoms with van der Waals surface area (Å²) in [6.45, 7) is 11.2. The van der Waals surface area contributed by atoms with Crippen LogP contribution >= 0.6 is 0 Å². The first kappa shape index (κ1) is 29.1. The Hall–Kier alpha value is -4.42. The van der Waals surface area contributed by atoms with Gasteiger partial charge in [0.05, 0.1) is 24.1 Å². The molecule has 0 saturated heterocycles. The fourth-order valence-electron chi connectivity index (χ4n) is 3.69. The summed E-state index contributed by atoms with van der Waals surface area (Å²) >= 11 is 0. The van der Waals surface area contributed by atoms with Crippen molar-refractivity contribution in [3.05, 3.63) is 48.2 Å². The first-order valence-corrected chi connectivity index (χ1v) is 12.6. The average molecular weight is 543 g/mol. The van der Waals surface area contributed by atoms with Gasteiger partial charge in [0.15, 0.2) is 11.6 Å². The highest BCUT2D eigenvalue weighted by Crippen LogP contribution is 2.28. The molecule has 0 aliphatic rings. The van der Waals surface area contributed by atoms with Crippen molar-refractivity contribution in [2.24, 2.45) is 5.73 Å². The topological polar surface area (TPSA) is 158 Å². The Labute approximate surface area is 226 Å². The van der Waals surface area contributed by atoms with Crippen molar-refractivity contribution in [1.29, 1.82) is 0 Å². The Kier molecular flexibility index (Phi) is 9.28. The number of halogens is 1. The molecule has 2 amide bonds. The molecular formula is C26H35FN8O4. The van der Waals surface area contributed by atoms with Gasteiger partial charge >= 0.3 is 6.09 Å². The number of hydrogen-bond donors (Lipinski definition) is 4. The molecule has 5 N–H and O–H groups in total. The van der Waals surface area contributed by atoms with Crippen LogP contribution in [0.15, 0.2) is 36.8 Å². The SMILES string of the molecule is CCOc1ncc(Nc2nc(N[C@H](CC)[C@H](C)NC(=O)OC(C)(C)C)c(F)cc2C(N)=O)cc1-n1cccn1. The van der Waals surface area contributed by atoms with Gasteiger partial charge in [0, 0.05) is 24.5 Å². The molecule has 3 rings (SSSR count). The van der Waals surface area contributed by atoms with Crippen LogP contribution in [0.3, 0.4) is 0 Å². The molecule has 0 fully saturated rings. The summed E-state index contributed by atoms with van der Waals surface area (Å²) < 4.78 is 27.5. The molecule has 12 nitrogen and oxygen atoms in total. The summed E-state index contributed by atoms with van der Waals surface area (Å²) in [6.07, 6.45) is 4.76. The lowest BCUT2D eigenvalue weighted by atomic mass is 10.1. The van der Waals surface area contributed by atoms with E-state index in [1.807, 2.05) is 13.8 Å². The van der Waals surface area contributed by atoms with Crippen molar-refractivity contribution in [2.45, 2.75) is 65.6 Å². The highest BCUT2D eigenvalue weighted by atomic mass is 19.1. The molecule has 3 aromatic heterocycles. The summed E-state index contributed by atoms with van der Waals surface area (Å²) in [5.41, 5.74) is 5.68. The van der Waals surface area contributed by atoms with Crippen LogP contribution in [0.2, 0.25) is 0 Å². The summed E-state index contributed by atoms with van der Waals surface area (Å²) in [5.74, 6) is -1.40. The number of aromatic nitrogens is 4. The number of ether oxygens (including phenoxy) is 2.